The highest BCUT2D eigenvalue weighted by Gasteiger charge is 2.26. The van der Waals surface area contributed by atoms with E-state index < -0.39 is 0 Å². The van der Waals surface area contributed by atoms with E-state index in [4.69, 9.17) is 0 Å². The minimum atomic E-state index is -0.0725. The van der Waals surface area contributed by atoms with Gasteiger partial charge in [-0.05, 0) is 30.9 Å². The Kier molecular flexibility index (Phi) is 4.15. The van der Waals surface area contributed by atoms with Crippen LogP contribution in [0.15, 0.2) is 36.7 Å². The highest BCUT2D eigenvalue weighted by molar-refractivity contribution is 6.05. The molecule has 1 aromatic heterocycles. The van der Waals surface area contributed by atoms with Crippen LogP contribution in [0.1, 0.15) is 48.2 Å². The number of anilines is 2. The Morgan fingerprint density at radius 2 is 1.92 bits per heavy atom. The van der Waals surface area contributed by atoms with E-state index in [-0.39, 0.29) is 5.91 Å². The summed E-state index contributed by atoms with van der Waals surface area (Å²) in [4.78, 5) is 23.3. The zero-order valence-electron chi connectivity index (χ0n) is 13.7. The fourth-order valence-electron chi connectivity index (χ4n) is 3.66. The SMILES string of the molecule is O=C(c1cnc(NC2CCCCC2)cn1)N1CCc2ccccc21. The van der Waals surface area contributed by atoms with Gasteiger partial charge >= 0.3 is 0 Å². The maximum Gasteiger partial charge on any atom is 0.278 e. The van der Waals surface area contributed by atoms with Crippen LogP contribution in [0.2, 0.25) is 0 Å². The summed E-state index contributed by atoms with van der Waals surface area (Å²) >= 11 is 0. The van der Waals surface area contributed by atoms with Crippen LogP contribution < -0.4 is 10.2 Å². The zero-order chi connectivity index (χ0) is 16.4. The summed E-state index contributed by atoms with van der Waals surface area (Å²) < 4.78 is 0. The van der Waals surface area contributed by atoms with Gasteiger partial charge in [0.25, 0.3) is 5.91 Å². The van der Waals surface area contributed by atoms with E-state index in [9.17, 15) is 4.79 Å². The van der Waals surface area contributed by atoms with Crippen molar-refractivity contribution in [2.24, 2.45) is 0 Å². The average Bonchev–Trinajstić information content (AvgIpc) is 3.07. The van der Waals surface area contributed by atoms with Crippen molar-refractivity contribution in [1.29, 1.82) is 0 Å². The number of para-hydroxylation sites is 1. The van der Waals surface area contributed by atoms with Crippen molar-refractivity contribution in [2.75, 3.05) is 16.8 Å². The smallest absolute Gasteiger partial charge is 0.278 e. The first kappa shape index (κ1) is 15.1. The Hall–Kier alpha value is -2.43. The van der Waals surface area contributed by atoms with Crippen LogP contribution in [0.4, 0.5) is 11.5 Å². The molecule has 0 unspecified atom stereocenters. The Balaban J connectivity index is 1.46. The van der Waals surface area contributed by atoms with Gasteiger partial charge in [0.15, 0.2) is 0 Å². The summed E-state index contributed by atoms with van der Waals surface area (Å²) in [5.74, 6) is 0.692. The number of fused-ring (bicyclic) bond motifs is 1. The molecule has 5 heteroatoms. The lowest BCUT2D eigenvalue weighted by Gasteiger charge is -2.23. The summed E-state index contributed by atoms with van der Waals surface area (Å²) in [5, 5.41) is 3.43. The highest BCUT2D eigenvalue weighted by atomic mass is 16.2. The number of aromatic nitrogens is 2. The van der Waals surface area contributed by atoms with Gasteiger partial charge in [-0.3, -0.25) is 4.79 Å². The van der Waals surface area contributed by atoms with Crippen LogP contribution in [-0.2, 0) is 6.42 Å². The molecule has 24 heavy (non-hydrogen) atoms. The number of hydrogen-bond donors (Lipinski definition) is 1. The van der Waals surface area contributed by atoms with Crippen LogP contribution in [0.3, 0.4) is 0 Å². The number of hydrogen-bond acceptors (Lipinski definition) is 4. The largest absolute Gasteiger partial charge is 0.366 e. The van der Waals surface area contributed by atoms with Crippen molar-refractivity contribution >= 4 is 17.4 Å². The predicted molar refractivity (Wildman–Crippen MR) is 94.4 cm³/mol. The quantitative estimate of drug-likeness (QED) is 0.940. The Labute approximate surface area is 142 Å². The number of carbonyl (C=O) groups is 1. The molecule has 1 amide bonds. The first-order chi connectivity index (χ1) is 11.8. The van der Waals surface area contributed by atoms with Gasteiger partial charge in [0.05, 0.1) is 12.4 Å². The lowest BCUT2D eigenvalue weighted by Crippen LogP contribution is -2.30. The van der Waals surface area contributed by atoms with Crippen molar-refractivity contribution in [3.63, 3.8) is 0 Å². The fourth-order valence-corrected chi connectivity index (χ4v) is 3.66. The Morgan fingerprint density at radius 3 is 2.71 bits per heavy atom. The lowest BCUT2D eigenvalue weighted by atomic mass is 9.96. The van der Waals surface area contributed by atoms with Gasteiger partial charge in [-0.15, -0.1) is 0 Å². The van der Waals surface area contributed by atoms with Gasteiger partial charge in [-0.2, -0.15) is 0 Å². The van der Waals surface area contributed by atoms with Crippen LogP contribution in [0.25, 0.3) is 0 Å². The molecule has 1 aromatic carbocycles. The molecule has 4 rings (SSSR count). The van der Waals surface area contributed by atoms with Crippen LogP contribution in [-0.4, -0.2) is 28.5 Å². The molecule has 2 aromatic rings. The molecular formula is C19H22N4O. The minimum Gasteiger partial charge on any atom is -0.366 e. The maximum atomic E-state index is 12.7. The molecule has 1 N–H and O–H groups in total. The van der Waals surface area contributed by atoms with E-state index in [1.54, 1.807) is 17.3 Å². The Morgan fingerprint density at radius 1 is 1.08 bits per heavy atom. The van der Waals surface area contributed by atoms with Gasteiger partial charge in [0.1, 0.15) is 11.5 Å². The van der Waals surface area contributed by atoms with E-state index >= 15 is 0 Å². The average molecular weight is 322 g/mol. The number of amides is 1. The van der Waals surface area contributed by atoms with Crippen LogP contribution in [0, 0.1) is 0 Å². The topological polar surface area (TPSA) is 58.1 Å². The molecule has 0 radical (unpaired) electrons. The predicted octanol–water partition coefficient (Wildman–Crippen LogP) is 3.42. The molecule has 2 aliphatic rings. The van der Waals surface area contributed by atoms with Crippen LogP contribution in [0.5, 0.6) is 0 Å². The van der Waals surface area contributed by atoms with E-state index in [0.717, 1.165) is 17.9 Å². The molecule has 0 saturated heterocycles. The standard InChI is InChI=1S/C19H22N4O/c24-19(23-11-10-14-6-4-5-9-17(14)23)16-12-21-18(13-20-16)22-15-7-2-1-3-8-15/h4-6,9,12-13,15H,1-3,7-8,10-11H2,(H,21,22). The molecule has 5 nitrogen and oxygen atoms in total. The fraction of sp³-hybridized carbons (Fsp3) is 0.421. The van der Waals surface area contributed by atoms with Crippen molar-refractivity contribution in [3.8, 4) is 0 Å². The number of nitrogens with one attached hydrogen (secondary N) is 1. The van der Waals surface area contributed by atoms with Crippen molar-refractivity contribution in [1.82, 2.24) is 9.97 Å². The molecule has 124 valence electrons. The van der Waals surface area contributed by atoms with Gasteiger partial charge in [-0.25, -0.2) is 9.97 Å². The minimum absolute atomic E-state index is 0.0725. The summed E-state index contributed by atoms with van der Waals surface area (Å²) in [6.45, 7) is 0.710. The molecule has 0 atom stereocenters. The summed E-state index contributed by atoms with van der Waals surface area (Å²) in [7, 11) is 0. The first-order valence-corrected chi connectivity index (χ1v) is 8.79. The molecule has 2 heterocycles. The van der Waals surface area contributed by atoms with Crippen LogP contribution >= 0.6 is 0 Å². The first-order valence-electron chi connectivity index (χ1n) is 8.79. The number of benzene rings is 1. The van der Waals surface area contributed by atoms with Gasteiger partial charge < -0.3 is 10.2 Å². The molecule has 1 aliphatic carbocycles. The molecule has 0 bridgehead atoms. The van der Waals surface area contributed by atoms with E-state index in [0.29, 0.717) is 18.3 Å². The molecule has 1 saturated carbocycles. The zero-order valence-corrected chi connectivity index (χ0v) is 13.7. The van der Waals surface area contributed by atoms with E-state index in [1.165, 1.54) is 37.7 Å². The second kappa shape index (κ2) is 6.59. The monoisotopic (exact) mass is 322 g/mol. The molecular weight excluding hydrogens is 300 g/mol. The van der Waals surface area contributed by atoms with E-state index in [1.807, 2.05) is 18.2 Å². The van der Waals surface area contributed by atoms with Crippen molar-refractivity contribution in [2.45, 2.75) is 44.6 Å². The maximum absolute atomic E-state index is 12.7. The van der Waals surface area contributed by atoms with E-state index in [2.05, 4.69) is 21.4 Å². The highest BCUT2D eigenvalue weighted by Crippen LogP contribution is 2.28. The van der Waals surface area contributed by atoms with Gasteiger partial charge in [-0.1, -0.05) is 37.5 Å². The third-order valence-electron chi connectivity index (χ3n) is 4.96. The molecule has 0 spiro atoms. The number of rotatable bonds is 3. The third-order valence-corrected chi connectivity index (χ3v) is 4.96. The number of nitrogens with zero attached hydrogens (tertiary/aromatic N) is 3. The lowest BCUT2D eigenvalue weighted by molar-refractivity contribution is 0.0984. The van der Waals surface area contributed by atoms with Crippen molar-refractivity contribution in [3.05, 3.63) is 47.9 Å². The second-order valence-corrected chi connectivity index (χ2v) is 6.60. The number of carbonyl (C=O) groups excluding carboxylic acids is 1. The Bertz CT molecular complexity index is 722. The second-order valence-electron chi connectivity index (χ2n) is 6.60. The molecule has 1 fully saturated rings. The van der Waals surface area contributed by atoms with Gasteiger partial charge in [0, 0.05) is 18.3 Å². The summed E-state index contributed by atoms with van der Waals surface area (Å²) in [5.41, 5.74) is 2.61. The normalized spacial score (nSPS) is 17.6. The van der Waals surface area contributed by atoms with Crippen molar-refractivity contribution < 1.29 is 4.79 Å². The molecule has 1 aliphatic heterocycles. The third kappa shape index (κ3) is 2.98. The van der Waals surface area contributed by atoms with Gasteiger partial charge in [0.2, 0.25) is 0 Å². The summed E-state index contributed by atoms with van der Waals surface area (Å²) in [6.07, 6.45) is 10.4. The summed E-state index contributed by atoms with van der Waals surface area (Å²) in [6, 6.07) is 8.53.